The summed E-state index contributed by atoms with van der Waals surface area (Å²) in [5, 5.41) is 14.0. The number of anilines is 1. The third-order valence-corrected chi connectivity index (χ3v) is 3.70. The molecule has 4 heteroatoms. The van der Waals surface area contributed by atoms with Crippen LogP contribution in [0.2, 0.25) is 0 Å². The summed E-state index contributed by atoms with van der Waals surface area (Å²) in [5.74, 6) is -0.401. The fraction of sp³-hybridized carbons (Fsp3) is 0.267. The van der Waals surface area contributed by atoms with E-state index in [0.717, 1.165) is 18.3 Å². The van der Waals surface area contributed by atoms with E-state index in [9.17, 15) is 9.50 Å². The summed E-state index contributed by atoms with van der Waals surface area (Å²) in [6.45, 7) is 1.71. The molecule has 98 valence electrons. The zero-order chi connectivity index (χ0) is 13.5. The normalized spacial score (nSPS) is 20.5. The minimum absolute atomic E-state index is 0.164. The molecule has 1 aliphatic heterocycles. The quantitative estimate of drug-likeness (QED) is 0.869. The Hall–Kier alpha value is -1.94. The van der Waals surface area contributed by atoms with E-state index in [1.165, 1.54) is 17.7 Å². The molecule has 3 nitrogen and oxygen atoms in total. The second kappa shape index (κ2) is 4.31. The van der Waals surface area contributed by atoms with Gasteiger partial charge < -0.3 is 10.4 Å². The SMILES string of the molecule is CC(O)(c1ccc(F)cn1)C1Cc2ccccc2N1. The van der Waals surface area contributed by atoms with Crippen molar-refractivity contribution in [2.24, 2.45) is 0 Å². The van der Waals surface area contributed by atoms with Crippen LogP contribution in [0.1, 0.15) is 18.2 Å². The van der Waals surface area contributed by atoms with Gasteiger partial charge in [-0.05, 0) is 37.1 Å². The third kappa shape index (κ3) is 2.08. The molecular weight excluding hydrogens is 243 g/mol. The molecule has 1 aromatic carbocycles. The first-order valence-corrected chi connectivity index (χ1v) is 6.26. The van der Waals surface area contributed by atoms with Crippen LogP contribution in [0.5, 0.6) is 0 Å². The summed E-state index contributed by atoms with van der Waals surface area (Å²) < 4.78 is 12.9. The number of nitrogens with one attached hydrogen (secondary N) is 1. The van der Waals surface area contributed by atoms with Crippen LogP contribution in [0.25, 0.3) is 0 Å². The number of aromatic nitrogens is 1. The van der Waals surface area contributed by atoms with Gasteiger partial charge in [0.2, 0.25) is 0 Å². The van der Waals surface area contributed by atoms with Crippen LogP contribution < -0.4 is 5.32 Å². The Morgan fingerprint density at radius 3 is 2.79 bits per heavy atom. The van der Waals surface area contributed by atoms with Gasteiger partial charge in [0.1, 0.15) is 11.4 Å². The van der Waals surface area contributed by atoms with Gasteiger partial charge in [-0.15, -0.1) is 0 Å². The lowest BCUT2D eigenvalue weighted by molar-refractivity contribution is 0.0336. The van der Waals surface area contributed by atoms with E-state index in [2.05, 4.69) is 10.3 Å². The van der Waals surface area contributed by atoms with E-state index in [4.69, 9.17) is 0 Å². The molecule has 2 heterocycles. The summed E-state index contributed by atoms with van der Waals surface area (Å²) in [5.41, 5.74) is 1.54. The minimum Gasteiger partial charge on any atom is -0.382 e. The largest absolute Gasteiger partial charge is 0.382 e. The van der Waals surface area contributed by atoms with Crippen LogP contribution >= 0.6 is 0 Å². The molecule has 2 N–H and O–H groups in total. The molecule has 19 heavy (non-hydrogen) atoms. The number of pyridine rings is 1. The number of hydrogen-bond acceptors (Lipinski definition) is 3. The predicted octanol–water partition coefficient (Wildman–Crippen LogP) is 2.46. The average molecular weight is 258 g/mol. The topological polar surface area (TPSA) is 45.2 Å². The standard InChI is InChI=1S/C15H15FN2O/c1-15(19,13-7-6-11(16)9-17-13)14-8-10-4-2-3-5-12(10)18-14/h2-7,9,14,18-19H,8H2,1H3. The van der Waals surface area contributed by atoms with Crippen LogP contribution in [0.3, 0.4) is 0 Å². The Morgan fingerprint density at radius 2 is 2.11 bits per heavy atom. The van der Waals surface area contributed by atoms with E-state index in [1.807, 2.05) is 24.3 Å². The Kier molecular flexibility index (Phi) is 2.75. The van der Waals surface area contributed by atoms with Crippen LogP contribution in [0.15, 0.2) is 42.6 Å². The molecule has 0 amide bonds. The molecule has 1 aliphatic rings. The molecule has 2 aromatic rings. The monoisotopic (exact) mass is 258 g/mol. The first-order chi connectivity index (χ1) is 9.07. The first-order valence-electron chi connectivity index (χ1n) is 6.26. The predicted molar refractivity (Wildman–Crippen MR) is 71.3 cm³/mol. The maximum absolute atomic E-state index is 12.9. The summed E-state index contributed by atoms with van der Waals surface area (Å²) in [7, 11) is 0. The number of hydrogen-bond donors (Lipinski definition) is 2. The van der Waals surface area contributed by atoms with Gasteiger partial charge in [-0.3, -0.25) is 4.98 Å². The minimum atomic E-state index is -1.15. The van der Waals surface area contributed by atoms with Crippen molar-refractivity contribution in [3.05, 3.63) is 59.7 Å². The molecule has 0 radical (unpaired) electrons. The van der Waals surface area contributed by atoms with E-state index in [1.54, 1.807) is 6.92 Å². The number of rotatable bonds is 2. The molecule has 1 aromatic heterocycles. The Labute approximate surface area is 111 Å². The summed E-state index contributed by atoms with van der Waals surface area (Å²) >= 11 is 0. The van der Waals surface area contributed by atoms with Crippen LogP contribution in [-0.2, 0) is 12.0 Å². The molecule has 0 aliphatic carbocycles. The lowest BCUT2D eigenvalue weighted by Crippen LogP contribution is -2.41. The number of para-hydroxylation sites is 1. The van der Waals surface area contributed by atoms with Crippen molar-refractivity contribution in [1.29, 1.82) is 0 Å². The van der Waals surface area contributed by atoms with Crippen LogP contribution in [-0.4, -0.2) is 16.1 Å². The number of nitrogens with zero attached hydrogens (tertiary/aromatic N) is 1. The van der Waals surface area contributed by atoms with Gasteiger partial charge in [0, 0.05) is 5.69 Å². The zero-order valence-corrected chi connectivity index (χ0v) is 10.6. The summed E-state index contributed by atoms with van der Waals surface area (Å²) in [6.07, 6.45) is 1.86. The van der Waals surface area contributed by atoms with E-state index in [0.29, 0.717) is 5.69 Å². The fourth-order valence-electron chi connectivity index (χ4n) is 2.49. The molecule has 3 rings (SSSR count). The Bertz CT molecular complexity index is 570. The second-order valence-corrected chi connectivity index (χ2v) is 5.07. The second-order valence-electron chi connectivity index (χ2n) is 5.07. The van der Waals surface area contributed by atoms with Crippen molar-refractivity contribution < 1.29 is 9.50 Å². The van der Waals surface area contributed by atoms with E-state index in [-0.39, 0.29) is 6.04 Å². The molecule has 0 saturated carbocycles. The van der Waals surface area contributed by atoms with Crippen molar-refractivity contribution in [3.63, 3.8) is 0 Å². The number of aliphatic hydroxyl groups is 1. The molecule has 0 bridgehead atoms. The maximum Gasteiger partial charge on any atom is 0.141 e. The lowest BCUT2D eigenvalue weighted by atomic mass is 9.90. The van der Waals surface area contributed by atoms with Gasteiger partial charge in [-0.25, -0.2) is 4.39 Å². The van der Waals surface area contributed by atoms with Gasteiger partial charge in [-0.1, -0.05) is 18.2 Å². The van der Waals surface area contributed by atoms with Crippen molar-refractivity contribution in [2.45, 2.75) is 25.0 Å². The van der Waals surface area contributed by atoms with E-state index >= 15 is 0 Å². The van der Waals surface area contributed by atoms with Gasteiger partial charge in [-0.2, -0.15) is 0 Å². The highest BCUT2D eigenvalue weighted by atomic mass is 19.1. The number of halogens is 1. The van der Waals surface area contributed by atoms with Crippen LogP contribution in [0.4, 0.5) is 10.1 Å². The van der Waals surface area contributed by atoms with Gasteiger partial charge in [0.15, 0.2) is 0 Å². The molecule has 0 spiro atoms. The fourth-order valence-corrected chi connectivity index (χ4v) is 2.49. The Balaban J connectivity index is 1.89. The molecular formula is C15H15FN2O. The van der Waals surface area contributed by atoms with Gasteiger partial charge in [0.25, 0.3) is 0 Å². The average Bonchev–Trinajstić information content (AvgIpc) is 2.83. The van der Waals surface area contributed by atoms with Crippen molar-refractivity contribution >= 4 is 5.69 Å². The van der Waals surface area contributed by atoms with Gasteiger partial charge in [0.05, 0.1) is 17.9 Å². The smallest absolute Gasteiger partial charge is 0.141 e. The third-order valence-electron chi connectivity index (χ3n) is 3.70. The highest BCUT2D eigenvalue weighted by Crippen LogP contribution is 2.34. The van der Waals surface area contributed by atoms with Crippen molar-refractivity contribution in [1.82, 2.24) is 4.98 Å². The summed E-state index contributed by atoms with van der Waals surface area (Å²) in [4.78, 5) is 3.99. The zero-order valence-electron chi connectivity index (χ0n) is 10.6. The van der Waals surface area contributed by atoms with Gasteiger partial charge >= 0.3 is 0 Å². The van der Waals surface area contributed by atoms with Crippen molar-refractivity contribution in [3.8, 4) is 0 Å². The Morgan fingerprint density at radius 1 is 1.32 bits per heavy atom. The maximum atomic E-state index is 12.9. The molecule has 0 saturated heterocycles. The highest BCUT2D eigenvalue weighted by Gasteiger charge is 2.38. The van der Waals surface area contributed by atoms with E-state index < -0.39 is 11.4 Å². The molecule has 2 atom stereocenters. The highest BCUT2D eigenvalue weighted by molar-refractivity contribution is 5.57. The van der Waals surface area contributed by atoms with Crippen LogP contribution in [0, 0.1) is 5.82 Å². The number of fused-ring (bicyclic) bond motifs is 1. The van der Waals surface area contributed by atoms with Crippen molar-refractivity contribution in [2.75, 3.05) is 5.32 Å². The molecule has 0 fully saturated rings. The lowest BCUT2D eigenvalue weighted by Gasteiger charge is -2.30. The summed E-state index contributed by atoms with van der Waals surface area (Å²) in [6, 6.07) is 10.6. The number of benzene rings is 1. The molecule has 2 unspecified atom stereocenters. The first kappa shape index (κ1) is 12.1.